The predicted octanol–water partition coefficient (Wildman–Crippen LogP) is 1.27. The minimum absolute atomic E-state index is 0. The van der Waals surface area contributed by atoms with Crippen molar-refractivity contribution in [3.05, 3.63) is 11.7 Å². The van der Waals surface area contributed by atoms with Crippen LogP contribution in [0.1, 0.15) is 31.5 Å². The third kappa shape index (κ3) is 2.68. The molecule has 6 heteroatoms. The van der Waals surface area contributed by atoms with Gasteiger partial charge in [-0.3, -0.25) is 4.90 Å². The fraction of sp³-hybridized carbons (Fsp3) is 0.833. The SMILES string of the molecule is CC(C)c1nc(CN2C[C@H]3CNC[C@H]3C2)no1.Cl. The van der Waals surface area contributed by atoms with E-state index in [0.717, 1.165) is 30.1 Å². The summed E-state index contributed by atoms with van der Waals surface area (Å²) in [7, 11) is 0. The second kappa shape index (κ2) is 5.55. The van der Waals surface area contributed by atoms with Crippen LogP contribution >= 0.6 is 12.4 Å². The highest BCUT2D eigenvalue weighted by atomic mass is 35.5. The van der Waals surface area contributed by atoms with E-state index >= 15 is 0 Å². The zero-order valence-corrected chi connectivity index (χ0v) is 11.7. The number of halogens is 1. The van der Waals surface area contributed by atoms with Gasteiger partial charge in [0, 0.05) is 19.0 Å². The van der Waals surface area contributed by atoms with Crippen molar-refractivity contribution in [2.24, 2.45) is 11.8 Å². The molecule has 3 rings (SSSR count). The molecule has 2 aliphatic heterocycles. The van der Waals surface area contributed by atoms with Gasteiger partial charge in [-0.25, -0.2) is 0 Å². The van der Waals surface area contributed by atoms with E-state index in [0.29, 0.717) is 5.92 Å². The molecular formula is C12H21ClN4O. The van der Waals surface area contributed by atoms with E-state index < -0.39 is 0 Å². The Morgan fingerprint density at radius 1 is 1.33 bits per heavy atom. The molecule has 5 nitrogen and oxygen atoms in total. The summed E-state index contributed by atoms with van der Waals surface area (Å²) in [5, 5.41) is 7.50. The summed E-state index contributed by atoms with van der Waals surface area (Å²) < 4.78 is 5.23. The molecule has 0 amide bonds. The van der Waals surface area contributed by atoms with Crippen LogP contribution in [0.4, 0.5) is 0 Å². The predicted molar refractivity (Wildman–Crippen MR) is 70.8 cm³/mol. The lowest BCUT2D eigenvalue weighted by molar-refractivity contribution is 0.288. The van der Waals surface area contributed by atoms with Gasteiger partial charge in [-0.05, 0) is 24.9 Å². The van der Waals surface area contributed by atoms with E-state index in [1.807, 2.05) is 0 Å². The molecule has 1 aromatic rings. The summed E-state index contributed by atoms with van der Waals surface area (Å²) in [5.74, 6) is 3.55. The molecular weight excluding hydrogens is 252 g/mol. The van der Waals surface area contributed by atoms with Gasteiger partial charge in [-0.2, -0.15) is 4.98 Å². The summed E-state index contributed by atoms with van der Waals surface area (Å²) in [6.07, 6.45) is 0. The molecule has 0 aromatic carbocycles. The van der Waals surface area contributed by atoms with Gasteiger partial charge in [0.2, 0.25) is 5.89 Å². The molecule has 18 heavy (non-hydrogen) atoms. The van der Waals surface area contributed by atoms with Crippen molar-refractivity contribution < 1.29 is 4.52 Å². The Hall–Kier alpha value is -0.650. The number of likely N-dealkylation sites (tertiary alicyclic amines) is 1. The maximum absolute atomic E-state index is 5.23. The van der Waals surface area contributed by atoms with Crippen molar-refractivity contribution in [2.75, 3.05) is 26.2 Å². The van der Waals surface area contributed by atoms with Gasteiger partial charge < -0.3 is 9.84 Å². The monoisotopic (exact) mass is 272 g/mol. The quantitative estimate of drug-likeness (QED) is 0.898. The molecule has 0 aliphatic carbocycles. The van der Waals surface area contributed by atoms with E-state index in [-0.39, 0.29) is 12.4 Å². The second-order valence-corrected chi connectivity index (χ2v) is 5.58. The lowest BCUT2D eigenvalue weighted by Gasteiger charge is -2.13. The minimum atomic E-state index is 0. The maximum atomic E-state index is 5.23. The Kier molecular flexibility index (Phi) is 4.25. The van der Waals surface area contributed by atoms with Gasteiger partial charge in [-0.1, -0.05) is 19.0 Å². The molecule has 2 saturated heterocycles. The number of nitrogens with zero attached hydrogens (tertiary/aromatic N) is 3. The van der Waals surface area contributed by atoms with Crippen LogP contribution in [0.15, 0.2) is 4.52 Å². The van der Waals surface area contributed by atoms with Gasteiger partial charge in [0.1, 0.15) is 0 Å². The van der Waals surface area contributed by atoms with Crippen LogP contribution in [0.5, 0.6) is 0 Å². The fourth-order valence-electron chi connectivity index (χ4n) is 2.85. The van der Waals surface area contributed by atoms with Gasteiger partial charge in [0.15, 0.2) is 5.82 Å². The van der Waals surface area contributed by atoms with Crippen molar-refractivity contribution in [1.29, 1.82) is 0 Å². The van der Waals surface area contributed by atoms with Gasteiger partial charge >= 0.3 is 0 Å². The van der Waals surface area contributed by atoms with E-state index in [1.165, 1.54) is 26.2 Å². The molecule has 0 spiro atoms. The Morgan fingerprint density at radius 2 is 2.00 bits per heavy atom. The molecule has 2 atom stereocenters. The van der Waals surface area contributed by atoms with Crippen LogP contribution in [0.25, 0.3) is 0 Å². The van der Waals surface area contributed by atoms with Crippen LogP contribution in [0.3, 0.4) is 0 Å². The van der Waals surface area contributed by atoms with Crippen molar-refractivity contribution in [3.8, 4) is 0 Å². The molecule has 0 radical (unpaired) electrons. The third-order valence-corrected chi connectivity index (χ3v) is 3.81. The summed E-state index contributed by atoms with van der Waals surface area (Å²) in [5.41, 5.74) is 0. The number of nitrogens with one attached hydrogen (secondary N) is 1. The zero-order chi connectivity index (χ0) is 11.8. The fourth-order valence-corrected chi connectivity index (χ4v) is 2.85. The number of hydrogen-bond donors (Lipinski definition) is 1. The van der Waals surface area contributed by atoms with Crippen molar-refractivity contribution in [2.45, 2.75) is 26.3 Å². The van der Waals surface area contributed by atoms with Gasteiger partial charge in [0.25, 0.3) is 0 Å². The highest BCUT2D eigenvalue weighted by Crippen LogP contribution is 2.27. The normalized spacial score (nSPS) is 27.5. The van der Waals surface area contributed by atoms with Crippen LogP contribution in [-0.2, 0) is 6.54 Å². The summed E-state index contributed by atoms with van der Waals surface area (Å²) in [6, 6.07) is 0. The smallest absolute Gasteiger partial charge is 0.229 e. The zero-order valence-electron chi connectivity index (χ0n) is 10.9. The van der Waals surface area contributed by atoms with Crippen LogP contribution < -0.4 is 5.32 Å². The van der Waals surface area contributed by atoms with Crippen molar-refractivity contribution in [1.82, 2.24) is 20.4 Å². The van der Waals surface area contributed by atoms with Crippen LogP contribution in [0, 0.1) is 11.8 Å². The summed E-state index contributed by atoms with van der Waals surface area (Å²) in [4.78, 5) is 6.88. The molecule has 0 saturated carbocycles. The van der Waals surface area contributed by atoms with Gasteiger partial charge in [0.05, 0.1) is 6.54 Å². The van der Waals surface area contributed by atoms with Crippen molar-refractivity contribution >= 4 is 12.4 Å². The highest BCUT2D eigenvalue weighted by molar-refractivity contribution is 5.85. The van der Waals surface area contributed by atoms with E-state index in [9.17, 15) is 0 Å². The molecule has 102 valence electrons. The lowest BCUT2D eigenvalue weighted by Crippen LogP contribution is -2.25. The van der Waals surface area contributed by atoms with Gasteiger partial charge in [-0.15, -0.1) is 12.4 Å². The Morgan fingerprint density at radius 3 is 2.56 bits per heavy atom. The molecule has 2 aliphatic rings. The summed E-state index contributed by atoms with van der Waals surface area (Å²) in [6.45, 7) is 9.66. The molecule has 0 bridgehead atoms. The molecule has 1 N–H and O–H groups in total. The third-order valence-electron chi connectivity index (χ3n) is 3.81. The molecule has 2 fully saturated rings. The van der Waals surface area contributed by atoms with Crippen LogP contribution in [-0.4, -0.2) is 41.2 Å². The minimum Gasteiger partial charge on any atom is -0.339 e. The first-order valence-corrected chi connectivity index (χ1v) is 6.48. The highest BCUT2D eigenvalue weighted by Gasteiger charge is 2.36. The molecule has 0 unspecified atom stereocenters. The number of rotatable bonds is 3. The largest absolute Gasteiger partial charge is 0.339 e. The van der Waals surface area contributed by atoms with E-state index in [4.69, 9.17) is 4.52 Å². The summed E-state index contributed by atoms with van der Waals surface area (Å²) >= 11 is 0. The number of aromatic nitrogens is 2. The average Bonchev–Trinajstić information content (AvgIpc) is 2.91. The maximum Gasteiger partial charge on any atom is 0.229 e. The Bertz CT molecular complexity index is 383. The average molecular weight is 273 g/mol. The van der Waals surface area contributed by atoms with E-state index in [2.05, 4.69) is 34.2 Å². The Balaban J connectivity index is 0.00000120. The first-order chi connectivity index (χ1) is 8.22. The number of fused-ring (bicyclic) bond motifs is 1. The Labute approximate surface area is 114 Å². The number of hydrogen-bond acceptors (Lipinski definition) is 5. The second-order valence-electron chi connectivity index (χ2n) is 5.58. The topological polar surface area (TPSA) is 54.2 Å². The van der Waals surface area contributed by atoms with E-state index in [1.54, 1.807) is 0 Å². The first kappa shape index (κ1) is 13.8. The molecule has 1 aromatic heterocycles. The first-order valence-electron chi connectivity index (χ1n) is 6.48. The standard InChI is InChI=1S/C12H20N4O.ClH/c1-8(2)12-14-11(15-17-12)7-16-5-9-3-13-4-10(9)6-16;/h8-10,13H,3-7H2,1-2H3;1H/t9-,10+;. The van der Waals surface area contributed by atoms with Crippen LogP contribution in [0.2, 0.25) is 0 Å². The molecule has 3 heterocycles. The lowest BCUT2D eigenvalue weighted by atomic mass is 10.0. The van der Waals surface area contributed by atoms with Crippen molar-refractivity contribution in [3.63, 3.8) is 0 Å².